The predicted molar refractivity (Wildman–Crippen MR) is 82.9 cm³/mol. The lowest BCUT2D eigenvalue weighted by atomic mass is 10.1. The quantitative estimate of drug-likeness (QED) is 0.854. The van der Waals surface area contributed by atoms with Crippen molar-refractivity contribution >= 4 is 29.5 Å². The molecular formula is C16H15NO2S. The predicted octanol–water partition coefficient (Wildman–Crippen LogP) is 4.27. The minimum absolute atomic E-state index is 0.300. The number of hydrogen-bond acceptors (Lipinski definition) is 3. The fourth-order valence-electron chi connectivity index (χ4n) is 1.75. The molecule has 3 nitrogen and oxygen atoms in total. The number of aromatic carboxylic acids is 1. The average molecular weight is 285 g/mol. The summed E-state index contributed by atoms with van der Waals surface area (Å²) in [5, 5.41) is 9.70. The second-order valence-corrected chi connectivity index (χ2v) is 5.43. The molecule has 0 aliphatic heterocycles. The van der Waals surface area contributed by atoms with E-state index in [1.54, 1.807) is 6.92 Å². The lowest BCUT2D eigenvalue weighted by molar-refractivity contribution is 0.0701. The molecule has 0 aliphatic rings. The van der Waals surface area contributed by atoms with Gasteiger partial charge >= 0.3 is 5.97 Å². The highest BCUT2D eigenvalue weighted by molar-refractivity contribution is 7.14. The number of aryl methyl sites for hydroxylation is 1. The number of allylic oxidation sites excluding steroid dienone is 2. The van der Waals surface area contributed by atoms with E-state index in [2.05, 4.69) is 11.1 Å². The molecule has 1 N–H and O–H groups in total. The topological polar surface area (TPSA) is 50.2 Å². The third-order valence-electron chi connectivity index (χ3n) is 2.69. The molecule has 20 heavy (non-hydrogen) atoms. The molecule has 0 amide bonds. The van der Waals surface area contributed by atoms with Gasteiger partial charge in [0.05, 0.1) is 5.69 Å². The monoisotopic (exact) mass is 285 g/mol. The van der Waals surface area contributed by atoms with Gasteiger partial charge in [-0.2, -0.15) is 0 Å². The molecule has 0 aliphatic carbocycles. The Bertz CT molecular complexity index is 669. The third kappa shape index (κ3) is 3.65. The zero-order valence-electron chi connectivity index (χ0n) is 11.3. The van der Waals surface area contributed by atoms with E-state index in [-0.39, 0.29) is 0 Å². The van der Waals surface area contributed by atoms with Crippen LogP contribution in [0.2, 0.25) is 0 Å². The Hall–Kier alpha value is -2.20. The molecule has 2 aromatic rings. The molecular weight excluding hydrogens is 270 g/mol. The third-order valence-corrected chi connectivity index (χ3v) is 3.80. The molecule has 1 heterocycles. The van der Waals surface area contributed by atoms with Gasteiger partial charge in [0, 0.05) is 0 Å². The van der Waals surface area contributed by atoms with Gasteiger partial charge in [-0.3, -0.25) is 0 Å². The van der Waals surface area contributed by atoms with E-state index < -0.39 is 5.97 Å². The van der Waals surface area contributed by atoms with Crippen molar-refractivity contribution in [1.29, 1.82) is 0 Å². The Morgan fingerprint density at radius 1 is 1.30 bits per heavy atom. The van der Waals surface area contributed by atoms with Crippen LogP contribution in [0.4, 0.5) is 0 Å². The number of aromatic nitrogens is 1. The van der Waals surface area contributed by atoms with Crippen molar-refractivity contribution in [2.75, 3.05) is 0 Å². The van der Waals surface area contributed by atoms with Crippen molar-refractivity contribution < 1.29 is 9.90 Å². The number of nitrogens with zero attached hydrogens (tertiary/aromatic N) is 1. The van der Waals surface area contributed by atoms with E-state index in [9.17, 15) is 4.79 Å². The van der Waals surface area contributed by atoms with Crippen LogP contribution < -0.4 is 0 Å². The van der Waals surface area contributed by atoms with Gasteiger partial charge in [0.15, 0.2) is 0 Å². The van der Waals surface area contributed by atoms with Crippen LogP contribution in [0.25, 0.3) is 12.2 Å². The summed E-state index contributed by atoms with van der Waals surface area (Å²) in [6.45, 7) is 3.71. The van der Waals surface area contributed by atoms with Gasteiger partial charge in [0.25, 0.3) is 0 Å². The molecule has 0 saturated carbocycles. The largest absolute Gasteiger partial charge is 0.477 e. The minimum atomic E-state index is -0.920. The first-order valence-electron chi connectivity index (χ1n) is 6.18. The summed E-state index contributed by atoms with van der Waals surface area (Å²) in [7, 11) is 0. The molecule has 0 unspecified atom stereocenters. The summed E-state index contributed by atoms with van der Waals surface area (Å²) < 4.78 is 0. The van der Waals surface area contributed by atoms with Crippen LogP contribution in [-0.4, -0.2) is 16.1 Å². The number of hydrogen-bond donors (Lipinski definition) is 1. The highest BCUT2D eigenvalue weighted by Crippen LogP contribution is 2.20. The minimum Gasteiger partial charge on any atom is -0.477 e. The Morgan fingerprint density at radius 2 is 2.00 bits per heavy atom. The van der Waals surface area contributed by atoms with Crippen molar-refractivity contribution in [2.45, 2.75) is 13.8 Å². The highest BCUT2D eigenvalue weighted by Gasteiger charge is 2.12. The fraction of sp³-hybridized carbons (Fsp3) is 0.125. The van der Waals surface area contributed by atoms with Gasteiger partial charge in [0.1, 0.15) is 9.88 Å². The van der Waals surface area contributed by atoms with Crippen LogP contribution >= 0.6 is 11.3 Å². The van der Waals surface area contributed by atoms with Gasteiger partial charge < -0.3 is 5.11 Å². The summed E-state index contributed by atoms with van der Waals surface area (Å²) in [6.07, 6.45) is 5.85. The Morgan fingerprint density at radius 3 is 2.60 bits per heavy atom. The lowest BCUT2D eigenvalue weighted by Crippen LogP contribution is -1.94. The SMILES string of the molecule is C/C(C=Cc1nc(C)c(C(=O)O)s1)=C/c1ccccc1. The summed E-state index contributed by atoms with van der Waals surface area (Å²) in [6, 6.07) is 10.0. The normalized spacial score (nSPS) is 12.0. The Labute approximate surface area is 121 Å². The van der Waals surface area contributed by atoms with E-state index in [0.717, 1.165) is 11.1 Å². The molecule has 0 spiro atoms. The van der Waals surface area contributed by atoms with Crippen molar-refractivity contribution in [3.63, 3.8) is 0 Å². The molecule has 4 heteroatoms. The number of carboxylic acid groups (broad SMARTS) is 1. The zero-order chi connectivity index (χ0) is 14.5. The summed E-state index contributed by atoms with van der Waals surface area (Å²) in [5.74, 6) is -0.920. The first kappa shape index (κ1) is 14.2. The van der Waals surface area contributed by atoms with Crippen molar-refractivity contribution in [3.8, 4) is 0 Å². The maximum absolute atomic E-state index is 10.9. The van der Waals surface area contributed by atoms with E-state index in [1.165, 1.54) is 11.3 Å². The molecule has 0 saturated heterocycles. The van der Waals surface area contributed by atoms with Crippen molar-refractivity contribution in [1.82, 2.24) is 4.98 Å². The molecule has 0 radical (unpaired) electrons. The first-order valence-corrected chi connectivity index (χ1v) is 7.00. The van der Waals surface area contributed by atoms with Crippen LogP contribution in [0.1, 0.15) is 32.9 Å². The van der Waals surface area contributed by atoms with E-state index in [4.69, 9.17) is 5.11 Å². The molecule has 102 valence electrons. The first-order chi connectivity index (χ1) is 9.56. The summed E-state index contributed by atoms with van der Waals surface area (Å²) in [5.41, 5.74) is 2.78. The second-order valence-electron chi connectivity index (χ2n) is 4.40. The van der Waals surface area contributed by atoms with Crippen LogP contribution in [0.3, 0.4) is 0 Å². The number of carboxylic acids is 1. The number of rotatable bonds is 4. The highest BCUT2D eigenvalue weighted by atomic mass is 32.1. The van der Waals surface area contributed by atoms with Crippen LogP contribution in [0.15, 0.2) is 42.0 Å². The second kappa shape index (κ2) is 6.30. The van der Waals surface area contributed by atoms with Gasteiger partial charge in [-0.15, -0.1) is 11.3 Å². The van der Waals surface area contributed by atoms with E-state index >= 15 is 0 Å². The fourth-order valence-corrected chi connectivity index (χ4v) is 2.56. The van der Waals surface area contributed by atoms with Crippen molar-refractivity contribution in [2.24, 2.45) is 0 Å². The summed E-state index contributed by atoms with van der Waals surface area (Å²) in [4.78, 5) is 15.5. The maximum Gasteiger partial charge on any atom is 0.347 e. The number of thiazole rings is 1. The maximum atomic E-state index is 10.9. The smallest absolute Gasteiger partial charge is 0.347 e. The average Bonchev–Trinajstić information content (AvgIpc) is 2.79. The van der Waals surface area contributed by atoms with Crippen LogP contribution in [0.5, 0.6) is 0 Å². The van der Waals surface area contributed by atoms with Gasteiger partial charge in [-0.25, -0.2) is 9.78 Å². The molecule has 0 atom stereocenters. The molecule has 2 rings (SSSR count). The van der Waals surface area contributed by atoms with Crippen molar-refractivity contribution in [3.05, 3.63) is 63.1 Å². The van der Waals surface area contributed by atoms with Crippen LogP contribution in [0, 0.1) is 6.92 Å². The van der Waals surface area contributed by atoms with E-state index in [0.29, 0.717) is 15.6 Å². The number of carbonyl (C=O) groups is 1. The number of benzene rings is 1. The van der Waals surface area contributed by atoms with Crippen LogP contribution in [-0.2, 0) is 0 Å². The van der Waals surface area contributed by atoms with Gasteiger partial charge in [-0.05, 0) is 25.5 Å². The molecule has 1 aromatic carbocycles. The molecule has 0 bridgehead atoms. The van der Waals surface area contributed by atoms with Gasteiger partial charge in [0.2, 0.25) is 0 Å². The van der Waals surface area contributed by atoms with E-state index in [1.807, 2.05) is 49.4 Å². The lowest BCUT2D eigenvalue weighted by Gasteiger charge is -1.94. The zero-order valence-corrected chi connectivity index (χ0v) is 12.1. The molecule has 1 aromatic heterocycles. The standard InChI is InChI=1S/C16H15NO2S/c1-11(10-13-6-4-3-5-7-13)8-9-14-17-12(2)15(20-14)16(18)19/h3-10H,1-2H3,(H,18,19)/b9-8?,11-10-. The Balaban J connectivity index is 2.15. The summed E-state index contributed by atoms with van der Waals surface area (Å²) >= 11 is 1.19. The Kier molecular flexibility index (Phi) is 4.48. The van der Waals surface area contributed by atoms with Gasteiger partial charge in [-0.1, -0.05) is 48.1 Å². The molecule has 0 fully saturated rings.